The van der Waals surface area contributed by atoms with Gasteiger partial charge in [-0.2, -0.15) is 0 Å². The maximum Gasteiger partial charge on any atom is 0.326 e. The Balaban J connectivity index is 5.55. The second kappa shape index (κ2) is 14.7. The third kappa shape index (κ3) is 11.8. The Morgan fingerprint density at radius 2 is 1.21 bits per heavy atom. The van der Waals surface area contributed by atoms with Crippen molar-refractivity contribution >= 4 is 35.6 Å². The summed E-state index contributed by atoms with van der Waals surface area (Å²) in [6.45, 7) is 1.55. The number of hydrogen-bond acceptors (Lipinski definition) is 9. The third-order valence-corrected chi connectivity index (χ3v) is 4.41. The minimum absolute atomic E-state index is 0.0411. The number of carbonyl (C=O) groups is 6. The van der Waals surface area contributed by atoms with Crippen LogP contribution < -0.4 is 27.4 Å². The summed E-state index contributed by atoms with van der Waals surface area (Å²) in [6.07, 6.45) is -2.27. The molecule has 0 fully saturated rings. The molecule has 188 valence electrons. The van der Waals surface area contributed by atoms with Crippen LogP contribution in [0.5, 0.6) is 0 Å². The number of carbonyl (C=O) groups excluding carboxylic acids is 3. The van der Waals surface area contributed by atoms with Crippen molar-refractivity contribution in [3.05, 3.63) is 0 Å². The Hall–Kier alpha value is -3.30. The van der Waals surface area contributed by atoms with E-state index >= 15 is 0 Å². The van der Waals surface area contributed by atoms with Crippen molar-refractivity contribution in [1.29, 1.82) is 0 Å². The van der Waals surface area contributed by atoms with Crippen LogP contribution in [-0.2, 0) is 28.8 Å². The van der Waals surface area contributed by atoms with Gasteiger partial charge in [-0.1, -0.05) is 0 Å². The molecule has 0 rings (SSSR count). The first kappa shape index (κ1) is 29.7. The lowest BCUT2D eigenvalue weighted by atomic mass is 10.1. The number of carboxylic acid groups (broad SMARTS) is 3. The van der Waals surface area contributed by atoms with E-state index in [-0.39, 0.29) is 6.42 Å². The fourth-order valence-electron chi connectivity index (χ4n) is 2.55. The predicted molar refractivity (Wildman–Crippen MR) is 110 cm³/mol. The molecule has 33 heavy (non-hydrogen) atoms. The first-order valence-electron chi connectivity index (χ1n) is 10.0. The highest BCUT2D eigenvalue weighted by Crippen LogP contribution is 2.05. The zero-order chi connectivity index (χ0) is 25.7. The van der Waals surface area contributed by atoms with E-state index in [1.165, 1.54) is 6.92 Å². The maximum atomic E-state index is 12.7. The molecule has 0 aliphatic heterocycles. The average Bonchev–Trinajstić information content (AvgIpc) is 2.70. The number of aliphatic hydroxyl groups excluding tert-OH is 1. The standard InChI is InChI=1S/C18H31N5O10/c1-8(24)14(20)17(31)21-9(4-2-3-5-19)15(29)22-10(6-12(25)26)16(30)23-11(18(32)33)7-13(27)28/h8-11,14,24H,2-7,19-20H2,1H3,(H,21,31)(H,22,29)(H,23,30)(H,25,26)(H,27,28)(H,32,33). The van der Waals surface area contributed by atoms with Gasteiger partial charge in [0.2, 0.25) is 17.7 Å². The van der Waals surface area contributed by atoms with E-state index in [2.05, 4.69) is 10.6 Å². The Kier molecular flexibility index (Phi) is 13.2. The highest BCUT2D eigenvalue weighted by atomic mass is 16.4. The number of aliphatic hydroxyl groups is 1. The molecule has 3 amide bonds. The van der Waals surface area contributed by atoms with Crippen LogP contribution in [0.25, 0.3) is 0 Å². The second-order valence-electron chi connectivity index (χ2n) is 7.27. The van der Waals surface area contributed by atoms with Gasteiger partial charge in [0, 0.05) is 0 Å². The lowest BCUT2D eigenvalue weighted by molar-refractivity contribution is -0.148. The van der Waals surface area contributed by atoms with Crippen molar-refractivity contribution in [2.45, 2.75) is 69.3 Å². The zero-order valence-corrected chi connectivity index (χ0v) is 18.0. The van der Waals surface area contributed by atoms with Crippen molar-refractivity contribution < 1.29 is 49.2 Å². The molecule has 15 heteroatoms. The number of carboxylic acids is 3. The second-order valence-corrected chi connectivity index (χ2v) is 7.27. The van der Waals surface area contributed by atoms with Gasteiger partial charge in [0.25, 0.3) is 0 Å². The molecule has 0 aromatic carbocycles. The highest BCUT2D eigenvalue weighted by molar-refractivity contribution is 5.96. The molecule has 0 bridgehead atoms. The quantitative estimate of drug-likeness (QED) is 0.0972. The van der Waals surface area contributed by atoms with Crippen molar-refractivity contribution in [2.24, 2.45) is 11.5 Å². The SMILES string of the molecule is CC(O)C(N)C(=O)NC(CCCCN)C(=O)NC(CC(=O)O)C(=O)NC(CC(=O)O)C(=O)O. The summed E-state index contributed by atoms with van der Waals surface area (Å²) in [7, 11) is 0. The van der Waals surface area contributed by atoms with Crippen molar-refractivity contribution in [1.82, 2.24) is 16.0 Å². The van der Waals surface area contributed by atoms with Crippen LogP contribution in [0.2, 0.25) is 0 Å². The molecule has 0 aliphatic carbocycles. The maximum absolute atomic E-state index is 12.7. The van der Waals surface area contributed by atoms with E-state index in [9.17, 15) is 33.9 Å². The normalized spacial score (nSPS) is 15.3. The molecule has 0 aliphatic rings. The van der Waals surface area contributed by atoms with Crippen molar-refractivity contribution in [3.8, 4) is 0 Å². The van der Waals surface area contributed by atoms with Gasteiger partial charge in [0.15, 0.2) is 0 Å². The Bertz CT molecular complexity index is 729. The van der Waals surface area contributed by atoms with Crippen LogP contribution in [0, 0.1) is 0 Å². The summed E-state index contributed by atoms with van der Waals surface area (Å²) in [5.74, 6) is -7.80. The number of hydrogen-bond donors (Lipinski definition) is 9. The smallest absolute Gasteiger partial charge is 0.326 e. The Labute approximate surface area is 188 Å². The molecule has 0 heterocycles. The number of nitrogens with one attached hydrogen (secondary N) is 3. The molecule has 0 saturated carbocycles. The van der Waals surface area contributed by atoms with E-state index in [4.69, 9.17) is 26.8 Å². The average molecular weight is 477 g/mol. The molecule has 5 unspecified atom stereocenters. The summed E-state index contributed by atoms with van der Waals surface area (Å²) in [5, 5.41) is 42.6. The van der Waals surface area contributed by atoms with Crippen LogP contribution in [0.3, 0.4) is 0 Å². The van der Waals surface area contributed by atoms with Gasteiger partial charge in [0.05, 0.1) is 18.9 Å². The molecule has 11 N–H and O–H groups in total. The minimum Gasteiger partial charge on any atom is -0.481 e. The van der Waals surface area contributed by atoms with Gasteiger partial charge in [-0.25, -0.2) is 4.79 Å². The summed E-state index contributed by atoms with van der Waals surface area (Å²) in [6, 6.07) is -6.27. The van der Waals surface area contributed by atoms with E-state index in [1.807, 2.05) is 5.32 Å². The molecular formula is C18H31N5O10. The summed E-state index contributed by atoms with van der Waals surface area (Å²) in [5.41, 5.74) is 11.0. The van der Waals surface area contributed by atoms with Crippen LogP contribution in [0.15, 0.2) is 0 Å². The lowest BCUT2D eigenvalue weighted by Crippen LogP contribution is -2.58. The van der Waals surface area contributed by atoms with Crippen molar-refractivity contribution in [3.63, 3.8) is 0 Å². The van der Waals surface area contributed by atoms with E-state index < -0.39 is 78.7 Å². The third-order valence-electron chi connectivity index (χ3n) is 4.41. The van der Waals surface area contributed by atoms with Crippen LogP contribution in [0.1, 0.15) is 39.0 Å². The number of amides is 3. The molecule has 0 spiro atoms. The Morgan fingerprint density at radius 1 is 0.758 bits per heavy atom. The van der Waals surface area contributed by atoms with Gasteiger partial charge < -0.3 is 47.8 Å². The van der Waals surface area contributed by atoms with Crippen molar-refractivity contribution in [2.75, 3.05) is 6.54 Å². The topological polar surface area (TPSA) is 271 Å². The van der Waals surface area contributed by atoms with Crippen LogP contribution in [-0.4, -0.2) is 92.9 Å². The monoisotopic (exact) mass is 477 g/mol. The van der Waals surface area contributed by atoms with Gasteiger partial charge in [-0.3, -0.25) is 24.0 Å². The van der Waals surface area contributed by atoms with Gasteiger partial charge >= 0.3 is 17.9 Å². The minimum atomic E-state index is -1.87. The van der Waals surface area contributed by atoms with E-state index in [0.717, 1.165) is 0 Å². The molecular weight excluding hydrogens is 446 g/mol. The van der Waals surface area contributed by atoms with Crippen LogP contribution >= 0.6 is 0 Å². The lowest BCUT2D eigenvalue weighted by Gasteiger charge is -2.25. The summed E-state index contributed by atoms with van der Waals surface area (Å²) < 4.78 is 0. The molecule has 0 aromatic rings. The zero-order valence-electron chi connectivity index (χ0n) is 18.0. The number of rotatable bonds is 16. The largest absolute Gasteiger partial charge is 0.481 e. The Morgan fingerprint density at radius 3 is 1.67 bits per heavy atom. The van der Waals surface area contributed by atoms with Gasteiger partial charge in [0.1, 0.15) is 24.2 Å². The summed E-state index contributed by atoms with van der Waals surface area (Å²) in [4.78, 5) is 70.4. The molecule has 0 aromatic heterocycles. The fraction of sp³-hybridized carbons (Fsp3) is 0.667. The highest BCUT2D eigenvalue weighted by Gasteiger charge is 2.32. The van der Waals surface area contributed by atoms with E-state index in [0.29, 0.717) is 19.4 Å². The van der Waals surface area contributed by atoms with Gasteiger partial charge in [-0.05, 0) is 32.7 Å². The number of aliphatic carboxylic acids is 3. The van der Waals surface area contributed by atoms with Gasteiger partial charge in [-0.15, -0.1) is 0 Å². The summed E-state index contributed by atoms with van der Waals surface area (Å²) >= 11 is 0. The number of nitrogens with two attached hydrogens (primary N) is 2. The molecule has 15 nitrogen and oxygen atoms in total. The number of unbranched alkanes of at least 4 members (excludes halogenated alkanes) is 1. The van der Waals surface area contributed by atoms with Crippen LogP contribution in [0.4, 0.5) is 0 Å². The molecule has 5 atom stereocenters. The van der Waals surface area contributed by atoms with E-state index in [1.54, 1.807) is 0 Å². The predicted octanol–water partition coefficient (Wildman–Crippen LogP) is -3.69. The first-order valence-corrected chi connectivity index (χ1v) is 10.0. The first-order chi connectivity index (χ1) is 15.3. The molecule has 0 saturated heterocycles. The molecule has 0 radical (unpaired) electrons. The fourth-order valence-corrected chi connectivity index (χ4v) is 2.55.